The third kappa shape index (κ3) is 4.00. The number of hydrogen-bond donors (Lipinski definition) is 1. The monoisotopic (exact) mass is 518 g/mol. The number of carbonyl (C=O) groups excluding carboxylic acids is 2. The van der Waals surface area contributed by atoms with E-state index in [9.17, 15) is 26.8 Å². The number of carbonyl (C=O) groups is 2. The molecule has 35 heavy (non-hydrogen) atoms. The lowest BCUT2D eigenvalue weighted by atomic mass is 9.50. The van der Waals surface area contributed by atoms with Crippen LogP contribution in [-0.2, 0) is 33.9 Å². The lowest BCUT2D eigenvalue weighted by Crippen LogP contribution is -2.58. The van der Waals surface area contributed by atoms with Crippen molar-refractivity contribution in [3.8, 4) is 0 Å². The lowest BCUT2D eigenvalue weighted by Gasteiger charge is -2.56. The van der Waals surface area contributed by atoms with Gasteiger partial charge in [-0.15, -0.1) is 0 Å². The molecule has 196 valence electrons. The van der Waals surface area contributed by atoms with Crippen LogP contribution in [0.25, 0.3) is 0 Å². The van der Waals surface area contributed by atoms with Gasteiger partial charge < -0.3 is 14.2 Å². The molecule has 0 aromatic carbocycles. The number of ether oxygens (including phenoxy) is 3. The number of rotatable bonds is 7. The Kier molecular flexibility index (Phi) is 5.73. The fourth-order valence-corrected chi connectivity index (χ4v) is 9.38. The lowest BCUT2D eigenvalue weighted by molar-refractivity contribution is -0.212. The van der Waals surface area contributed by atoms with Crippen LogP contribution in [0.3, 0.4) is 0 Å². The predicted octanol–water partition coefficient (Wildman–Crippen LogP) is 3.40. The first-order valence-corrected chi connectivity index (χ1v) is 14.3. The molecule has 0 saturated heterocycles. The van der Waals surface area contributed by atoms with Crippen LogP contribution in [0, 0.1) is 53.3 Å². The summed E-state index contributed by atoms with van der Waals surface area (Å²) in [7, 11) is -5.95. The van der Waals surface area contributed by atoms with Gasteiger partial charge in [-0.25, -0.2) is 4.79 Å². The zero-order valence-corrected chi connectivity index (χ0v) is 20.2. The van der Waals surface area contributed by atoms with E-state index in [0.717, 1.165) is 18.3 Å². The van der Waals surface area contributed by atoms with Crippen LogP contribution in [0.4, 0.5) is 8.78 Å². The minimum Gasteiger partial charge on any atom is -0.456 e. The molecular formula is C24H32F2O8S. The van der Waals surface area contributed by atoms with Gasteiger partial charge in [0.25, 0.3) is 0 Å². The van der Waals surface area contributed by atoms with Gasteiger partial charge >= 0.3 is 27.3 Å². The summed E-state index contributed by atoms with van der Waals surface area (Å²) in [5.74, 6) is -1.10. The van der Waals surface area contributed by atoms with E-state index in [-0.39, 0.29) is 24.7 Å². The van der Waals surface area contributed by atoms with Crippen LogP contribution < -0.4 is 0 Å². The number of halogens is 2. The molecule has 8 bridgehead atoms. The smallest absolute Gasteiger partial charge is 0.456 e. The van der Waals surface area contributed by atoms with Crippen LogP contribution >= 0.6 is 0 Å². The Labute approximate surface area is 203 Å². The van der Waals surface area contributed by atoms with E-state index in [0.29, 0.717) is 37.0 Å². The van der Waals surface area contributed by atoms with E-state index in [1.54, 1.807) is 0 Å². The first-order chi connectivity index (χ1) is 16.5. The maximum Gasteiger partial charge on any atom is 0.465 e. The standard InChI is InChI=1S/C24H32F2O8S/c25-24(26,35(29,30)31)23(28)34-21-17-7-13-2-14(9-17)19(18(21)8-13)22(27)33-10-32-20-15-3-11-1-12(5-15)6-16(20)4-11/h11-21H,1-10H2,(H,29,30,31). The molecule has 0 aromatic heterocycles. The van der Waals surface area contributed by atoms with Gasteiger partial charge in [-0.2, -0.15) is 17.2 Å². The topological polar surface area (TPSA) is 116 Å². The van der Waals surface area contributed by atoms with Crippen molar-refractivity contribution >= 4 is 22.1 Å². The Morgan fingerprint density at radius 3 is 1.94 bits per heavy atom. The Hall–Kier alpha value is -1.33. The summed E-state index contributed by atoms with van der Waals surface area (Å²) < 4.78 is 75.0. The molecule has 11 heteroatoms. The molecule has 0 amide bonds. The normalized spacial score (nSPS) is 45.5. The Morgan fingerprint density at radius 1 is 0.800 bits per heavy atom. The van der Waals surface area contributed by atoms with Crippen molar-refractivity contribution in [2.75, 3.05) is 6.79 Å². The number of hydrogen-bond acceptors (Lipinski definition) is 7. The average molecular weight is 519 g/mol. The second-order valence-electron chi connectivity index (χ2n) is 12.0. The van der Waals surface area contributed by atoms with E-state index in [4.69, 9.17) is 18.8 Å². The molecule has 8 fully saturated rings. The highest BCUT2D eigenvalue weighted by atomic mass is 32.2. The zero-order chi connectivity index (χ0) is 24.7. The maximum atomic E-state index is 13.8. The Morgan fingerprint density at radius 2 is 1.34 bits per heavy atom. The SMILES string of the molecule is O=C(OCOC1C2CC3CC(C2)CC1C3)C1C2CC3CC(C2)C(OC(=O)C(F)(F)S(=O)(=O)O)C1C3. The summed E-state index contributed by atoms with van der Waals surface area (Å²) in [6.45, 7) is -0.139. The molecule has 0 spiro atoms. The number of alkyl halides is 2. The van der Waals surface area contributed by atoms with Crippen LogP contribution in [0.2, 0.25) is 0 Å². The summed E-state index contributed by atoms with van der Waals surface area (Å²) >= 11 is 0. The van der Waals surface area contributed by atoms with Crippen molar-refractivity contribution in [1.82, 2.24) is 0 Å². The molecule has 8 aliphatic rings. The quantitative estimate of drug-likeness (QED) is 0.310. The Bertz CT molecular complexity index is 971. The minimum atomic E-state index is -5.95. The first kappa shape index (κ1) is 24.0. The van der Waals surface area contributed by atoms with Crippen LogP contribution in [0.1, 0.15) is 57.8 Å². The minimum absolute atomic E-state index is 0.0169. The summed E-state index contributed by atoms with van der Waals surface area (Å²) in [5.41, 5.74) is 0. The second-order valence-corrected chi connectivity index (χ2v) is 13.5. The van der Waals surface area contributed by atoms with Crippen molar-refractivity contribution < 1.29 is 45.6 Å². The molecule has 6 unspecified atom stereocenters. The molecule has 0 aromatic rings. The summed E-state index contributed by atoms with van der Waals surface area (Å²) in [6.07, 6.45) is 7.75. The predicted molar refractivity (Wildman–Crippen MR) is 115 cm³/mol. The van der Waals surface area contributed by atoms with Crippen LogP contribution in [0.5, 0.6) is 0 Å². The van der Waals surface area contributed by atoms with Crippen molar-refractivity contribution in [2.24, 2.45) is 53.3 Å². The van der Waals surface area contributed by atoms with E-state index in [1.807, 2.05) is 0 Å². The molecular weight excluding hydrogens is 486 g/mol. The third-order valence-corrected chi connectivity index (χ3v) is 10.8. The van der Waals surface area contributed by atoms with Gasteiger partial charge in [0.2, 0.25) is 0 Å². The van der Waals surface area contributed by atoms with Crippen molar-refractivity contribution in [2.45, 2.75) is 75.2 Å². The van der Waals surface area contributed by atoms with Crippen LogP contribution in [0.15, 0.2) is 0 Å². The fraction of sp³-hybridized carbons (Fsp3) is 0.917. The zero-order valence-electron chi connectivity index (χ0n) is 19.4. The van der Waals surface area contributed by atoms with Crippen molar-refractivity contribution in [1.29, 1.82) is 0 Å². The first-order valence-electron chi connectivity index (χ1n) is 12.9. The third-order valence-electron chi connectivity index (χ3n) is 10.0. The molecule has 8 saturated carbocycles. The van der Waals surface area contributed by atoms with Crippen molar-refractivity contribution in [3.63, 3.8) is 0 Å². The maximum absolute atomic E-state index is 13.8. The molecule has 0 radical (unpaired) electrons. The largest absolute Gasteiger partial charge is 0.465 e. The van der Waals surface area contributed by atoms with E-state index in [2.05, 4.69) is 0 Å². The highest BCUT2D eigenvalue weighted by molar-refractivity contribution is 7.87. The molecule has 8 rings (SSSR count). The van der Waals surface area contributed by atoms with Crippen molar-refractivity contribution in [3.05, 3.63) is 0 Å². The van der Waals surface area contributed by atoms with Crippen LogP contribution in [-0.4, -0.2) is 49.2 Å². The van der Waals surface area contributed by atoms with Gasteiger partial charge in [-0.1, -0.05) is 0 Å². The van der Waals surface area contributed by atoms with E-state index >= 15 is 0 Å². The number of esters is 2. The molecule has 1 N–H and O–H groups in total. The van der Waals surface area contributed by atoms with Gasteiger partial charge in [0.15, 0.2) is 6.79 Å². The summed E-state index contributed by atoms with van der Waals surface area (Å²) in [4.78, 5) is 25.1. The van der Waals surface area contributed by atoms with Gasteiger partial charge in [0.1, 0.15) is 6.10 Å². The molecule has 8 nitrogen and oxygen atoms in total. The Balaban J connectivity index is 1.10. The van der Waals surface area contributed by atoms with Gasteiger partial charge in [-0.3, -0.25) is 9.35 Å². The molecule has 0 aliphatic heterocycles. The van der Waals surface area contributed by atoms with Gasteiger partial charge in [0.05, 0.1) is 12.0 Å². The van der Waals surface area contributed by atoms with E-state index in [1.165, 1.54) is 32.1 Å². The highest BCUT2D eigenvalue weighted by Gasteiger charge is 2.61. The van der Waals surface area contributed by atoms with Gasteiger partial charge in [-0.05, 0) is 99.2 Å². The average Bonchev–Trinajstić information content (AvgIpc) is 2.76. The summed E-state index contributed by atoms with van der Waals surface area (Å²) in [5, 5.41) is -5.05. The fourth-order valence-electron chi connectivity index (χ4n) is 9.12. The molecule has 8 aliphatic carbocycles. The highest BCUT2D eigenvalue weighted by Crippen LogP contribution is 2.58. The molecule has 0 heterocycles. The van der Waals surface area contributed by atoms with E-state index < -0.39 is 45.3 Å². The summed E-state index contributed by atoms with van der Waals surface area (Å²) in [6, 6.07) is 0. The van der Waals surface area contributed by atoms with Gasteiger partial charge in [0, 0.05) is 5.92 Å². The second kappa shape index (κ2) is 8.34. The molecule has 6 atom stereocenters.